The van der Waals surface area contributed by atoms with Crippen LogP contribution >= 0.6 is 11.3 Å². The minimum Gasteiger partial charge on any atom is -0.479 e. The van der Waals surface area contributed by atoms with Gasteiger partial charge in [-0.25, -0.2) is 4.39 Å². The van der Waals surface area contributed by atoms with Crippen LogP contribution in [0.15, 0.2) is 28.9 Å². The summed E-state index contributed by atoms with van der Waals surface area (Å²) in [4.78, 5) is 19.7. The van der Waals surface area contributed by atoms with Crippen LogP contribution in [-0.4, -0.2) is 85.6 Å². The molecule has 48 heavy (non-hydrogen) atoms. The summed E-state index contributed by atoms with van der Waals surface area (Å²) in [5.74, 6) is -0.361. The van der Waals surface area contributed by atoms with Gasteiger partial charge in [-0.1, -0.05) is 31.1 Å². The SMILES string of the molecule is CC[C@@H]1C[C@@H](Nc2cccc3c(CC(F)(F)F)c(-c4noc(CNC(=O)c5cn(CC(C)(C)O)nc5OC)n4)sc23)[C@@H](F)[C@@H]2C(C)CN12. The predicted molar refractivity (Wildman–Crippen MR) is 172 cm³/mol. The minimum atomic E-state index is -4.52. The van der Waals surface area contributed by atoms with Gasteiger partial charge < -0.3 is 25.0 Å². The van der Waals surface area contributed by atoms with Crippen LogP contribution < -0.4 is 15.4 Å². The van der Waals surface area contributed by atoms with Crippen molar-refractivity contribution in [3.8, 4) is 16.6 Å². The van der Waals surface area contributed by atoms with Gasteiger partial charge >= 0.3 is 6.18 Å². The fourth-order valence-corrected chi connectivity index (χ4v) is 8.10. The lowest BCUT2D eigenvalue weighted by atomic mass is 9.76. The van der Waals surface area contributed by atoms with E-state index in [1.165, 1.54) is 18.0 Å². The fraction of sp³-hybridized carbons (Fsp3) is 0.562. The molecule has 4 aromatic rings. The van der Waals surface area contributed by atoms with Crippen molar-refractivity contribution in [1.82, 2.24) is 30.1 Å². The van der Waals surface area contributed by atoms with E-state index in [1.54, 1.807) is 32.0 Å². The number of thiophene rings is 1. The van der Waals surface area contributed by atoms with Gasteiger partial charge in [-0.05, 0) is 49.6 Å². The highest BCUT2D eigenvalue weighted by Gasteiger charge is 2.51. The first-order valence-corrected chi connectivity index (χ1v) is 16.7. The lowest BCUT2D eigenvalue weighted by Crippen LogP contribution is -2.69. The van der Waals surface area contributed by atoms with Crippen LogP contribution in [0.3, 0.4) is 0 Å². The van der Waals surface area contributed by atoms with E-state index in [1.807, 2.05) is 6.92 Å². The van der Waals surface area contributed by atoms with E-state index >= 15 is 4.39 Å². The molecule has 11 nitrogen and oxygen atoms in total. The van der Waals surface area contributed by atoms with Gasteiger partial charge in [-0.3, -0.25) is 14.4 Å². The Morgan fingerprint density at radius 2 is 2.04 bits per heavy atom. The number of piperidine rings is 1. The number of methoxy groups -OCH3 is 1. The summed E-state index contributed by atoms with van der Waals surface area (Å²) in [5.41, 5.74) is -0.418. The molecule has 260 valence electrons. The number of ether oxygens (including phenoxy) is 1. The van der Waals surface area contributed by atoms with E-state index in [4.69, 9.17) is 9.26 Å². The molecule has 0 bridgehead atoms. The third-order valence-electron chi connectivity index (χ3n) is 8.96. The molecule has 0 aliphatic carbocycles. The molecule has 16 heteroatoms. The number of amides is 1. The van der Waals surface area contributed by atoms with Gasteiger partial charge in [0.15, 0.2) is 0 Å². The summed E-state index contributed by atoms with van der Waals surface area (Å²) < 4.78 is 69.9. The molecule has 1 aromatic carbocycles. The van der Waals surface area contributed by atoms with Crippen molar-refractivity contribution in [1.29, 1.82) is 0 Å². The van der Waals surface area contributed by atoms with Crippen LogP contribution in [0.4, 0.5) is 23.2 Å². The summed E-state index contributed by atoms with van der Waals surface area (Å²) in [7, 11) is 1.36. The molecule has 1 amide bonds. The highest BCUT2D eigenvalue weighted by molar-refractivity contribution is 7.23. The van der Waals surface area contributed by atoms with Crippen LogP contribution in [0, 0.1) is 5.92 Å². The van der Waals surface area contributed by atoms with E-state index in [0.29, 0.717) is 22.2 Å². The molecule has 2 saturated heterocycles. The largest absolute Gasteiger partial charge is 0.479 e. The van der Waals surface area contributed by atoms with Crippen molar-refractivity contribution in [3.05, 3.63) is 41.4 Å². The Morgan fingerprint density at radius 3 is 2.71 bits per heavy atom. The number of nitrogens with zero attached hydrogens (tertiary/aromatic N) is 5. The molecule has 0 saturated carbocycles. The summed E-state index contributed by atoms with van der Waals surface area (Å²) in [6.45, 7) is 8.11. The molecule has 2 fully saturated rings. The van der Waals surface area contributed by atoms with Gasteiger partial charge in [0.1, 0.15) is 11.7 Å². The number of halogens is 4. The first-order valence-electron chi connectivity index (χ1n) is 15.9. The maximum atomic E-state index is 15.8. The number of alkyl halides is 4. The van der Waals surface area contributed by atoms with Crippen LogP contribution in [-0.2, 0) is 19.5 Å². The van der Waals surface area contributed by atoms with E-state index < -0.39 is 36.3 Å². The second kappa shape index (κ2) is 12.9. The van der Waals surface area contributed by atoms with Crippen molar-refractivity contribution >= 4 is 33.0 Å². The number of fused-ring (bicyclic) bond motifs is 2. The normalized spacial score (nSPS) is 23.2. The quantitative estimate of drug-likeness (QED) is 0.172. The molecule has 5 atom stereocenters. The first-order chi connectivity index (χ1) is 22.7. The van der Waals surface area contributed by atoms with Crippen LogP contribution in [0.5, 0.6) is 5.88 Å². The van der Waals surface area contributed by atoms with E-state index in [-0.39, 0.29) is 64.7 Å². The summed E-state index contributed by atoms with van der Waals surface area (Å²) in [6, 6.07) is 4.62. The molecule has 0 radical (unpaired) electrons. The van der Waals surface area contributed by atoms with Crippen LogP contribution in [0.1, 0.15) is 62.3 Å². The number of aliphatic hydroxyl groups is 1. The van der Waals surface area contributed by atoms with Gasteiger partial charge in [0.25, 0.3) is 5.91 Å². The highest BCUT2D eigenvalue weighted by atomic mass is 32.1. The zero-order valence-electron chi connectivity index (χ0n) is 27.3. The molecule has 3 N–H and O–H groups in total. The molecule has 1 unspecified atom stereocenters. The Labute approximate surface area is 278 Å². The van der Waals surface area contributed by atoms with Crippen LogP contribution in [0.2, 0.25) is 0 Å². The number of hydrogen-bond donors (Lipinski definition) is 3. The number of aromatic nitrogens is 4. The van der Waals surface area contributed by atoms with Gasteiger partial charge in [0.2, 0.25) is 17.6 Å². The topological polar surface area (TPSA) is 131 Å². The first kappa shape index (κ1) is 34.1. The number of carbonyl (C=O) groups is 1. The Kier molecular flexibility index (Phi) is 9.19. The molecule has 3 aromatic heterocycles. The predicted octanol–water partition coefficient (Wildman–Crippen LogP) is 5.58. The van der Waals surface area contributed by atoms with Gasteiger partial charge in [-0.15, -0.1) is 16.4 Å². The molecule has 0 spiro atoms. The standard InChI is InChI=1S/C32H39F4N7O4S/c1-6-17-10-22(24(33)25-16(2)13-43(17)25)38-21-9-7-8-18-19(11-32(34,35)36)27(48-26(18)21)28-39-23(47-41-28)12-37-29(44)20-14-42(15-31(3,4)45)40-30(20)46-5/h7-9,14,16-17,22,24-25,38,45H,6,10-13,15H2,1-5H3,(H,37,44)/t16?,17-,22-,24-,25+/m1/s1. The molecule has 5 heterocycles. The minimum absolute atomic E-state index is 0.00263. The fourth-order valence-electron chi connectivity index (χ4n) is 6.87. The average Bonchev–Trinajstić information content (AvgIpc) is 3.72. The Morgan fingerprint density at radius 1 is 1.27 bits per heavy atom. The molecule has 2 aliphatic heterocycles. The summed E-state index contributed by atoms with van der Waals surface area (Å²) in [6.07, 6.45) is -3.95. The van der Waals surface area contributed by atoms with Crippen molar-refractivity contribution < 1.29 is 36.7 Å². The third-order valence-corrected chi connectivity index (χ3v) is 10.2. The van der Waals surface area contributed by atoms with E-state index in [2.05, 4.69) is 37.7 Å². The maximum absolute atomic E-state index is 15.8. The number of carbonyl (C=O) groups excluding carboxylic acids is 1. The Hall–Kier alpha value is -3.76. The number of rotatable bonds is 11. The van der Waals surface area contributed by atoms with Crippen LogP contribution in [0.25, 0.3) is 20.8 Å². The van der Waals surface area contributed by atoms with E-state index in [9.17, 15) is 23.1 Å². The zero-order chi connectivity index (χ0) is 34.5. The second-order valence-electron chi connectivity index (χ2n) is 13.3. The molecular weight excluding hydrogens is 654 g/mol. The summed E-state index contributed by atoms with van der Waals surface area (Å²) in [5, 5.41) is 24.6. The van der Waals surface area contributed by atoms with Gasteiger partial charge in [0, 0.05) is 24.8 Å². The Bertz CT molecular complexity index is 1780. The maximum Gasteiger partial charge on any atom is 0.393 e. The zero-order valence-corrected chi connectivity index (χ0v) is 28.1. The average molecular weight is 694 g/mol. The monoisotopic (exact) mass is 693 g/mol. The van der Waals surface area contributed by atoms with E-state index in [0.717, 1.165) is 24.3 Å². The lowest BCUT2D eigenvalue weighted by molar-refractivity contribution is -0.126. The van der Waals surface area contributed by atoms with Crippen molar-refractivity contribution in [3.63, 3.8) is 0 Å². The Balaban J connectivity index is 1.25. The van der Waals surface area contributed by atoms with Crippen molar-refractivity contribution in [2.45, 2.75) is 96.1 Å². The smallest absolute Gasteiger partial charge is 0.393 e. The third kappa shape index (κ3) is 6.87. The number of nitrogens with one attached hydrogen (secondary N) is 2. The number of hydrogen-bond acceptors (Lipinski definition) is 10. The summed E-state index contributed by atoms with van der Waals surface area (Å²) >= 11 is 1.09. The lowest BCUT2D eigenvalue weighted by Gasteiger charge is -2.57. The second-order valence-corrected chi connectivity index (χ2v) is 14.3. The van der Waals surface area contributed by atoms with Gasteiger partial charge in [0.05, 0.1) is 53.5 Å². The molecule has 2 aliphatic rings. The number of benzene rings is 1. The number of anilines is 1. The van der Waals surface area contributed by atoms with Gasteiger partial charge in [-0.2, -0.15) is 18.2 Å². The highest BCUT2D eigenvalue weighted by Crippen LogP contribution is 2.45. The molecular formula is C32H39F4N7O4S. The van der Waals surface area contributed by atoms with Crippen molar-refractivity contribution in [2.24, 2.45) is 5.92 Å². The van der Waals surface area contributed by atoms with Crippen molar-refractivity contribution in [2.75, 3.05) is 19.0 Å². The molecule has 6 rings (SSSR count).